The summed E-state index contributed by atoms with van der Waals surface area (Å²) >= 11 is 6.13. The van der Waals surface area contributed by atoms with Crippen molar-refractivity contribution >= 4 is 50.5 Å². The first-order valence-corrected chi connectivity index (χ1v) is 16.5. The van der Waals surface area contributed by atoms with E-state index in [0.717, 1.165) is 33.3 Å². The molecular weight excluding hydrogens is 582 g/mol. The SMILES string of the molecule is CC(C)(O)c1ccccc1CCCS(=O)(=O)C(c1cccc(C=Cc2ccc3ccc(Cl)cc3n2)c1)C1(CC(=O)O)CC1. The highest BCUT2D eigenvalue weighted by atomic mass is 35.5. The number of aliphatic hydroxyl groups is 1. The van der Waals surface area contributed by atoms with Crippen molar-refractivity contribution in [2.24, 2.45) is 5.41 Å². The average molecular weight is 618 g/mol. The smallest absolute Gasteiger partial charge is 0.303 e. The fourth-order valence-electron chi connectivity index (χ4n) is 6.06. The van der Waals surface area contributed by atoms with E-state index < -0.39 is 32.1 Å². The molecule has 1 aliphatic rings. The van der Waals surface area contributed by atoms with Crippen molar-refractivity contribution in [2.45, 2.75) is 56.8 Å². The number of sulfone groups is 1. The Bertz CT molecular complexity index is 1790. The molecule has 1 saturated carbocycles. The van der Waals surface area contributed by atoms with Gasteiger partial charge in [-0.05, 0) is 86.1 Å². The molecule has 1 aromatic heterocycles. The molecule has 1 heterocycles. The molecule has 1 aliphatic carbocycles. The highest BCUT2D eigenvalue weighted by Crippen LogP contribution is 2.61. The molecule has 224 valence electrons. The number of fused-ring (bicyclic) bond motifs is 1. The van der Waals surface area contributed by atoms with Crippen molar-refractivity contribution in [3.63, 3.8) is 0 Å². The van der Waals surface area contributed by atoms with Crippen LogP contribution in [0.5, 0.6) is 0 Å². The molecule has 4 aromatic rings. The van der Waals surface area contributed by atoms with Gasteiger partial charge in [0.05, 0.1) is 34.2 Å². The summed E-state index contributed by atoms with van der Waals surface area (Å²) in [6.07, 6.45) is 5.52. The summed E-state index contributed by atoms with van der Waals surface area (Å²) in [6, 6.07) is 24.3. The summed E-state index contributed by atoms with van der Waals surface area (Å²) in [4.78, 5) is 16.5. The second-order valence-electron chi connectivity index (χ2n) is 12.1. The third-order valence-corrected chi connectivity index (χ3v) is 10.8. The Morgan fingerprint density at radius 2 is 1.77 bits per heavy atom. The topological polar surface area (TPSA) is 105 Å². The van der Waals surface area contributed by atoms with Gasteiger partial charge in [-0.1, -0.05) is 78.3 Å². The molecule has 5 rings (SSSR count). The third kappa shape index (κ3) is 7.35. The molecule has 6 nitrogen and oxygen atoms in total. The van der Waals surface area contributed by atoms with Crippen LogP contribution in [-0.2, 0) is 26.7 Å². The number of halogens is 1. The molecule has 8 heteroatoms. The summed E-state index contributed by atoms with van der Waals surface area (Å²) in [5.74, 6) is -1.07. The summed E-state index contributed by atoms with van der Waals surface area (Å²) in [5.41, 5.74) is 2.75. The maximum absolute atomic E-state index is 14.0. The average Bonchev–Trinajstić information content (AvgIpc) is 3.70. The molecule has 0 saturated heterocycles. The van der Waals surface area contributed by atoms with Crippen molar-refractivity contribution in [3.05, 3.63) is 112 Å². The van der Waals surface area contributed by atoms with Gasteiger partial charge >= 0.3 is 5.97 Å². The van der Waals surface area contributed by atoms with Gasteiger partial charge < -0.3 is 10.2 Å². The van der Waals surface area contributed by atoms with Gasteiger partial charge in [-0.25, -0.2) is 13.4 Å². The number of hydrogen-bond acceptors (Lipinski definition) is 5. The van der Waals surface area contributed by atoms with Crippen molar-refractivity contribution in [2.75, 3.05) is 5.75 Å². The van der Waals surface area contributed by atoms with Gasteiger partial charge in [-0.2, -0.15) is 0 Å². The van der Waals surface area contributed by atoms with Crippen molar-refractivity contribution in [1.29, 1.82) is 0 Å². The third-order valence-electron chi connectivity index (χ3n) is 8.20. The molecule has 0 amide bonds. The fraction of sp³-hybridized carbons (Fsp3) is 0.314. The molecule has 0 radical (unpaired) electrons. The second-order valence-corrected chi connectivity index (χ2v) is 14.7. The number of hydrogen-bond donors (Lipinski definition) is 2. The Morgan fingerprint density at radius 3 is 2.49 bits per heavy atom. The van der Waals surface area contributed by atoms with Gasteiger partial charge in [0.2, 0.25) is 0 Å². The van der Waals surface area contributed by atoms with E-state index in [2.05, 4.69) is 4.98 Å². The van der Waals surface area contributed by atoms with Gasteiger partial charge in [0.25, 0.3) is 0 Å². The summed E-state index contributed by atoms with van der Waals surface area (Å²) in [6.45, 7) is 3.43. The van der Waals surface area contributed by atoms with Crippen LogP contribution in [0.1, 0.15) is 72.7 Å². The Labute approximate surface area is 258 Å². The summed E-state index contributed by atoms with van der Waals surface area (Å²) in [5, 5.41) is 20.9. The van der Waals surface area contributed by atoms with Gasteiger partial charge in [-0.3, -0.25) is 4.79 Å². The zero-order chi connectivity index (χ0) is 30.8. The van der Waals surface area contributed by atoms with Gasteiger partial charge in [0, 0.05) is 15.8 Å². The predicted molar refractivity (Wildman–Crippen MR) is 173 cm³/mol. The van der Waals surface area contributed by atoms with Crippen LogP contribution < -0.4 is 0 Å². The highest BCUT2D eigenvalue weighted by Gasteiger charge is 2.56. The number of aromatic nitrogens is 1. The Hall–Kier alpha value is -3.52. The molecule has 0 spiro atoms. The zero-order valence-electron chi connectivity index (χ0n) is 24.3. The lowest BCUT2D eigenvalue weighted by Crippen LogP contribution is -2.28. The second kappa shape index (κ2) is 12.2. The molecule has 2 N–H and O–H groups in total. The monoisotopic (exact) mass is 617 g/mol. The molecule has 1 fully saturated rings. The minimum Gasteiger partial charge on any atom is -0.481 e. The lowest BCUT2D eigenvalue weighted by molar-refractivity contribution is -0.138. The Morgan fingerprint density at radius 1 is 1.02 bits per heavy atom. The van der Waals surface area contributed by atoms with Crippen LogP contribution in [0.2, 0.25) is 5.02 Å². The summed E-state index contributed by atoms with van der Waals surface area (Å²) in [7, 11) is -3.72. The lowest BCUT2D eigenvalue weighted by atomic mass is 9.91. The largest absolute Gasteiger partial charge is 0.481 e. The van der Waals surface area contributed by atoms with Crippen molar-refractivity contribution in [3.8, 4) is 0 Å². The number of rotatable bonds is 12. The van der Waals surface area contributed by atoms with Crippen LogP contribution in [0.4, 0.5) is 0 Å². The van der Waals surface area contributed by atoms with E-state index >= 15 is 0 Å². The maximum atomic E-state index is 14.0. The number of aliphatic carboxylic acids is 1. The van der Waals surface area contributed by atoms with Crippen LogP contribution in [0.15, 0.2) is 78.9 Å². The fourth-order valence-corrected chi connectivity index (χ4v) is 8.65. The lowest BCUT2D eigenvalue weighted by Gasteiger charge is -2.27. The van der Waals surface area contributed by atoms with Gasteiger partial charge in [0.1, 0.15) is 0 Å². The number of carbonyl (C=O) groups is 1. The quantitative estimate of drug-likeness (QED) is 0.169. The van der Waals surface area contributed by atoms with Crippen LogP contribution in [0.25, 0.3) is 23.1 Å². The van der Waals surface area contributed by atoms with E-state index in [1.165, 1.54) is 0 Å². The number of pyridine rings is 1. The first-order chi connectivity index (χ1) is 20.4. The van der Waals surface area contributed by atoms with E-state index in [1.807, 2.05) is 84.9 Å². The normalized spacial score (nSPS) is 15.5. The van der Waals surface area contributed by atoms with Crippen molar-refractivity contribution < 1.29 is 23.4 Å². The highest BCUT2D eigenvalue weighted by molar-refractivity contribution is 7.91. The van der Waals surface area contributed by atoms with Gasteiger partial charge in [-0.15, -0.1) is 0 Å². The maximum Gasteiger partial charge on any atom is 0.303 e. The minimum atomic E-state index is -3.72. The zero-order valence-corrected chi connectivity index (χ0v) is 25.9. The molecule has 3 aromatic carbocycles. The number of nitrogens with zero attached hydrogens (tertiary/aromatic N) is 1. The van der Waals surface area contributed by atoms with E-state index in [9.17, 15) is 23.4 Å². The first kappa shape index (κ1) is 30.9. The number of benzene rings is 3. The minimum absolute atomic E-state index is 0.0805. The molecule has 1 atom stereocenters. The molecule has 0 aliphatic heterocycles. The van der Waals surface area contributed by atoms with Gasteiger partial charge in [0.15, 0.2) is 9.84 Å². The standard InChI is InChI=1S/C35H36ClNO5S/c1-34(2,40)30-11-4-3-8-25(30)10-6-20-43(41,42)33(35(18-19-35)23-32(38)39)27-9-5-7-24(21-27)12-16-29-17-14-26-13-15-28(36)22-31(26)37-29/h3-5,7-9,11-17,21-22,33,40H,6,10,18-20,23H2,1-2H3,(H,38,39). The number of carboxylic acid groups (broad SMARTS) is 1. The van der Waals surface area contributed by atoms with E-state index in [-0.39, 0.29) is 12.2 Å². The molecule has 43 heavy (non-hydrogen) atoms. The van der Waals surface area contributed by atoms with Crippen LogP contribution in [0.3, 0.4) is 0 Å². The summed E-state index contributed by atoms with van der Waals surface area (Å²) < 4.78 is 28.1. The van der Waals surface area contributed by atoms with E-state index in [0.29, 0.717) is 36.3 Å². The number of carboxylic acids is 1. The van der Waals surface area contributed by atoms with E-state index in [1.54, 1.807) is 19.9 Å². The first-order valence-electron chi connectivity index (χ1n) is 14.4. The Kier molecular flexibility index (Phi) is 8.80. The molecular formula is C35H36ClNO5S. The predicted octanol–water partition coefficient (Wildman–Crippen LogP) is 7.63. The Balaban J connectivity index is 1.41. The molecule has 0 bridgehead atoms. The van der Waals surface area contributed by atoms with E-state index in [4.69, 9.17) is 11.6 Å². The molecule has 1 unspecified atom stereocenters. The van der Waals surface area contributed by atoms with Crippen LogP contribution in [-0.4, -0.2) is 35.3 Å². The van der Waals surface area contributed by atoms with Crippen molar-refractivity contribution in [1.82, 2.24) is 4.98 Å². The van der Waals surface area contributed by atoms with Crippen LogP contribution in [0, 0.1) is 5.41 Å². The number of aryl methyl sites for hydroxylation is 1. The van der Waals surface area contributed by atoms with Crippen LogP contribution >= 0.6 is 11.6 Å².